The van der Waals surface area contributed by atoms with E-state index in [-0.39, 0.29) is 5.91 Å². The first-order valence-electron chi connectivity index (χ1n) is 8.60. The van der Waals surface area contributed by atoms with Gasteiger partial charge in [0, 0.05) is 41.3 Å². The van der Waals surface area contributed by atoms with Crippen LogP contribution in [-0.4, -0.2) is 41.4 Å². The molecule has 1 fully saturated rings. The van der Waals surface area contributed by atoms with Gasteiger partial charge in [-0.1, -0.05) is 24.9 Å². The van der Waals surface area contributed by atoms with Gasteiger partial charge in [-0.05, 0) is 56.7 Å². The summed E-state index contributed by atoms with van der Waals surface area (Å²) in [5.41, 5.74) is 1.93. The molecule has 2 aliphatic heterocycles. The first-order valence-corrected chi connectivity index (χ1v) is 8.98. The van der Waals surface area contributed by atoms with Gasteiger partial charge in [0.25, 0.3) is 5.91 Å². The second-order valence-corrected chi connectivity index (χ2v) is 7.08. The second kappa shape index (κ2) is 7.06. The number of benzene rings is 1. The highest BCUT2D eigenvalue weighted by Gasteiger charge is 2.36. The molecule has 0 unspecified atom stereocenters. The smallest absolute Gasteiger partial charge is 0.258 e. The number of fused-ring (bicyclic) bond motifs is 2. The van der Waals surface area contributed by atoms with Gasteiger partial charge in [0.2, 0.25) is 0 Å². The third kappa shape index (κ3) is 3.46. The SMILES string of the molecule is CCCCN(C(=O)c1ccc(Cl)cc1)C1=C[C@H]2CC[C@@H](C1)N2C. The maximum Gasteiger partial charge on any atom is 0.258 e. The highest BCUT2D eigenvalue weighted by Crippen LogP contribution is 2.35. The van der Waals surface area contributed by atoms with Gasteiger partial charge in [-0.15, -0.1) is 0 Å². The summed E-state index contributed by atoms with van der Waals surface area (Å²) < 4.78 is 0. The number of halogens is 1. The molecule has 1 aromatic rings. The van der Waals surface area contributed by atoms with Crippen LogP contribution < -0.4 is 0 Å². The van der Waals surface area contributed by atoms with E-state index in [1.54, 1.807) is 12.1 Å². The number of amides is 1. The van der Waals surface area contributed by atoms with Crippen molar-refractivity contribution >= 4 is 17.5 Å². The summed E-state index contributed by atoms with van der Waals surface area (Å²) in [5, 5.41) is 0.665. The molecule has 2 heterocycles. The molecule has 1 saturated heterocycles. The molecule has 1 aromatic carbocycles. The van der Waals surface area contributed by atoms with Crippen molar-refractivity contribution in [2.24, 2.45) is 0 Å². The number of nitrogens with zero attached hydrogens (tertiary/aromatic N) is 2. The van der Waals surface area contributed by atoms with Crippen molar-refractivity contribution in [2.45, 2.75) is 51.1 Å². The molecule has 3 rings (SSSR count). The van der Waals surface area contributed by atoms with Crippen LogP contribution in [0.1, 0.15) is 49.4 Å². The van der Waals surface area contributed by atoms with Crippen molar-refractivity contribution in [2.75, 3.05) is 13.6 Å². The molecule has 4 heteroatoms. The highest BCUT2D eigenvalue weighted by molar-refractivity contribution is 6.30. The first kappa shape index (κ1) is 16.5. The molecule has 3 nitrogen and oxygen atoms in total. The van der Waals surface area contributed by atoms with E-state index in [2.05, 4.69) is 24.9 Å². The zero-order valence-corrected chi connectivity index (χ0v) is 14.7. The number of carbonyl (C=O) groups excluding carboxylic acids is 1. The molecule has 0 saturated carbocycles. The zero-order chi connectivity index (χ0) is 16.4. The molecule has 124 valence electrons. The van der Waals surface area contributed by atoms with Gasteiger partial charge >= 0.3 is 0 Å². The standard InChI is InChI=1S/C19H25ClN2O/c1-3-4-11-22(19(23)14-5-7-15(20)8-6-14)18-12-16-9-10-17(13-18)21(16)2/h5-8,12,16-17H,3-4,9-11,13H2,1-2H3/t16-,17+/m1/s1. The van der Waals surface area contributed by atoms with Crippen molar-refractivity contribution in [3.05, 3.63) is 46.6 Å². The first-order chi connectivity index (χ1) is 11.1. The molecular weight excluding hydrogens is 308 g/mol. The Morgan fingerprint density at radius 2 is 2.04 bits per heavy atom. The van der Waals surface area contributed by atoms with Gasteiger partial charge in [0.15, 0.2) is 0 Å². The molecule has 2 atom stereocenters. The largest absolute Gasteiger partial charge is 0.312 e. The Balaban J connectivity index is 1.84. The summed E-state index contributed by atoms with van der Waals surface area (Å²) in [4.78, 5) is 17.5. The van der Waals surface area contributed by atoms with E-state index in [4.69, 9.17) is 11.6 Å². The van der Waals surface area contributed by atoms with Crippen LogP contribution in [0.2, 0.25) is 5.02 Å². The van der Waals surface area contributed by atoms with Crippen LogP contribution in [0.25, 0.3) is 0 Å². The topological polar surface area (TPSA) is 23.6 Å². The van der Waals surface area contributed by atoms with Crippen molar-refractivity contribution in [3.8, 4) is 0 Å². The van der Waals surface area contributed by atoms with Crippen molar-refractivity contribution in [1.82, 2.24) is 9.80 Å². The Hall–Kier alpha value is -1.32. The van der Waals surface area contributed by atoms with E-state index >= 15 is 0 Å². The van der Waals surface area contributed by atoms with Crippen LogP contribution in [0.3, 0.4) is 0 Å². The summed E-state index contributed by atoms with van der Waals surface area (Å²) in [7, 11) is 2.20. The van der Waals surface area contributed by atoms with Crippen LogP contribution in [-0.2, 0) is 0 Å². The molecule has 1 amide bonds. The number of likely N-dealkylation sites (N-methyl/N-ethyl adjacent to an activating group) is 1. The molecule has 0 radical (unpaired) electrons. The maximum absolute atomic E-state index is 13.0. The fraction of sp³-hybridized carbons (Fsp3) is 0.526. The molecule has 2 aliphatic rings. The van der Waals surface area contributed by atoms with E-state index in [0.717, 1.165) is 31.4 Å². The van der Waals surface area contributed by atoms with Crippen molar-refractivity contribution in [1.29, 1.82) is 0 Å². The lowest BCUT2D eigenvalue weighted by atomic mass is 10.0. The molecule has 0 spiro atoms. The van der Waals surface area contributed by atoms with Gasteiger partial charge in [0.1, 0.15) is 0 Å². The van der Waals surface area contributed by atoms with Crippen LogP contribution in [0.5, 0.6) is 0 Å². The monoisotopic (exact) mass is 332 g/mol. The summed E-state index contributed by atoms with van der Waals surface area (Å²) >= 11 is 5.95. The van der Waals surface area contributed by atoms with Gasteiger partial charge in [0.05, 0.1) is 0 Å². The molecule has 0 aliphatic carbocycles. The van der Waals surface area contributed by atoms with E-state index in [1.807, 2.05) is 17.0 Å². The lowest BCUT2D eigenvalue weighted by Crippen LogP contribution is -2.41. The fourth-order valence-electron chi connectivity index (χ4n) is 3.66. The normalized spacial score (nSPS) is 23.7. The minimum atomic E-state index is 0.102. The summed E-state index contributed by atoms with van der Waals surface area (Å²) in [6.07, 6.45) is 7.86. The molecule has 0 aromatic heterocycles. The summed E-state index contributed by atoms with van der Waals surface area (Å²) in [6, 6.07) is 8.31. The fourth-order valence-corrected chi connectivity index (χ4v) is 3.79. The Kier molecular flexibility index (Phi) is 5.08. The Labute approximate surface area is 143 Å². The predicted molar refractivity (Wildman–Crippen MR) is 94.7 cm³/mol. The molecule has 23 heavy (non-hydrogen) atoms. The van der Waals surface area contributed by atoms with Crippen LogP contribution >= 0.6 is 11.6 Å². The van der Waals surface area contributed by atoms with Crippen molar-refractivity contribution in [3.63, 3.8) is 0 Å². The lowest BCUT2D eigenvalue weighted by molar-refractivity contribution is 0.0784. The average Bonchev–Trinajstić information content (AvgIpc) is 2.76. The minimum absolute atomic E-state index is 0.102. The Morgan fingerprint density at radius 3 is 2.70 bits per heavy atom. The maximum atomic E-state index is 13.0. The third-order valence-corrected chi connectivity index (χ3v) is 5.39. The third-order valence-electron chi connectivity index (χ3n) is 5.14. The predicted octanol–water partition coefficient (Wildman–Crippen LogP) is 4.33. The van der Waals surface area contributed by atoms with Crippen LogP contribution in [0, 0.1) is 0 Å². The van der Waals surface area contributed by atoms with E-state index in [1.165, 1.54) is 18.5 Å². The summed E-state index contributed by atoms with van der Waals surface area (Å²) in [6.45, 7) is 2.96. The van der Waals surface area contributed by atoms with Crippen LogP contribution in [0.4, 0.5) is 0 Å². The van der Waals surface area contributed by atoms with Gasteiger partial charge < -0.3 is 4.90 Å². The summed E-state index contributed by atoms with van der Waals surface area (Å²) in [5.74, 6) is 0.102. The lowest BCUT2D eigenvalue weighted by Gasteiger charge is -2.35. The highest BCUT2D eigenvalue weighted by atomic mass is 35.5. The van der Waals surface area contributed by atoms with E-state index in [9.17, 15) is 4.79 Å². The molecule has 0 N–H and O–H groups in total. The van der Waals surface area contributed by atoms with Gasteiger partial charge in [-0.2, -0.15) is 0 Å². The molecular formula is C19H25ClN2O. The van der Waals surface area contributed by atoms with E-state index < -0.39 is 0 Å². The average molecular weight is 333 g/mol. The van der Waals surface area contributed by atoms with E-state index in [0.29, 0.717) is 17.1 Å². The van der Waals surface area contributed by atoms with Crippen LogP contribution in [0.15, 0.2) is 36.0 Å². The second-order valence-electron chi connectivity index (χ2n) is 6.64. The molecule has 2 bridgehead atoms. The quantitative estimate of drug-likeness (QED) is 0.801. The van der Waals surface area contributed by atoms with Crippen molar-refractivity contribution < 1.29 is 4.79 Å². The number of hydrogen-bond acceptors (Lipinski definition) is 2. The minimum Gasteiger partial charge on any atom is -0.312 e. The number of rotatable bonds is 5. The van der Waals surface area contributed by atoms with Gasteiger partial charge in [-0.25, -0.2) is 0 Å². The number of unbranched alkanes of at least 4 members (excludes halogenated alkanes) is 1. The Bertz CT molecular complexity index is 596. The zero-order valence-electron chi connectivity index (χ0n) is 14.0. The number of hydrogen-bond donors (Lipinski definition) is 0. The van der Waals surface area contributed by atoms with Gasteiger partial charge in [-0.3, -0.25) is 9.69 Å². The Morgan fingerprint density at radius 1 is 1.30 bits per heavy atom. The number of carbonyl (C=O) groups is 1.